The molecule has 1 unspecified atom stereocenters. The predicted molar refractivity (Wildman–Crippen MR) is 117 cm³/mol. The maximum atomic E-state index is 12.8. The van der Waals surface area contributed by atoms with E-state index in [1.165, 1.54) is 22.6 Å². The van der Waals surface area contributed by atoms with Crippen LogP contribution in [0, 0.1) is 0 Å². The molecule has 0 bridgehead atoms. The lowest BCUT2D eigenvalue weighted by atomic mass is 10.1. The van der Waals surface area contributed by atoms with Gasteiger partial charge in [0, 0.05) is 23.5 Å². The van der Waals surface area contributed by atoms with Crippen molar-refractivity contribution in [3.8, 4) is 0 Å². The van der Waals surface area contributed by atoms with E-state index < -0.39 is 0 Å². The highest BCUT2D eigenvalue weighted by Crippen LogP contribution is 2.28. The number of unbranched alkanes of at least 4 members (excludes halogenated alkanes) is 1. The SMILES string of the molecule is CCCCN1C(=O)c2ccc(C(=O)NCC(c3cccs3)N3CCCC3)cc2C1=O. The van der Waals surface area contributed by atoms with Gasteiger partial charge in [-0.25, -0.2) is 0 Å². The molecular weight excluding hydrogens is 398 g/mol. The van der Waals surface area contributed by atoms with Crippen molar-refractivity contribution in [1.29, 1.82) is 0 Å². The van der Waals surface area contributed by atoms with Gasteiger partial charge in [0.2, 0.25) is 0 Å². The number of nitrogens with zero attached hydrogens (tertiary/aromatic N) is 2. The topological polar surface area (TPSA) is 69.7 Å². The molecule has 1 saturated heterocycles. The molecule has 2 aliphatic heterocycles. The Bertz CT molecular complexity index is 935. The van der Waals surface area contributed by atoms with Crippen LogP contribution in [0.25, 0.3) is 0 Å². The first-order chi connectivity index (χ1) is 14.6. The normalized spacial score (nSPS) is 17.4. The number of thiophene rings is 1. The van der Waals surface area contributed by atoms with Gasteiger partial charge in [-0.05, 0) is 62.0 Å². The van der Waals surface area contributed by atoms with Gasteiger partial charge in [-0.1, -0.05) is 19.4 Å². The zero-order valence-electron chi connectivity index (χ0n) is 17.2. The number of amides is 3. The van der Waals surface area contributed by atoms with Crippen molar-refractivity contribution >= 4 is 29.1 Å². The Labute approximate surface area is 180 Å². The summed E-state index contributed by atoms with van der Waals surface area (Å²) in [4.78, 5) is 42.9. The van der Waals surface area contributed by atoms with Crippen LogP contribution in [0.5, 0.6) is 0 Å². The predicted octanol–water partition coefficient (Wildman–Crippen LogP) is 3.71. The van der Waals surface area contributed by atoms with Gasteiger partial charge >= 0.3 is 0 Å². The van der Waals surface area contributed by atoms with Crippen LogP contribution in [0.2, 0.25) is 0 Å². The molecule has 7 heteroatoms. The van der Waals surface area contributed by atoms with E-state index in [1.807, 2.05) is 13.0 Å². The average Bonchev–Trinajstić information content (AvgIpc) is 3.51. The molecule has 158 valence electrons. The molecule has 2 aromatic rings. The molecular formula is C23H27N3O3S. The highest BCUT2D eigenvalue weighted by Gasteiger charge is 2.35. The first-order valence-corrected chi connectivity index (χ1v) is 11.5. The lowest BCUT2D eigenvalue weighted by molar-refractivity contribution is 0.0652. The van der Waals surface area contributed by atoms with Crippen LogP contribution in [-0.4, -0.2) is 53.7 Å². The summed E-state index contributed by atoms with van der Waals surface area (Å²) in [6, 6.07) is 9.13. The summed E-state index contributed by atoms with van der Waals surface area (Å²) in [5, 5.41) is 5.11. The first kappa shape index (κ1) is 20.8. The van der Waals surface area contributed by atoms with E-state index in [0.717, 1.165) is 25.9 Å². The third kappa shape index (κ3) is 4.04. The van der Waals surface area contributed by atoms with Crippen molar-refractivity contribution in [2.45, 2.75) is 38.6 Å². The minimum Gasteiger partial charge on any atom is -0.350 e. The summed E-state index contributed by atoms with van der Waals surface area (Å²) in [6.45, 7) is 5.05. The number of nitrogens with one attached hydrogen (secondary N) is 1. The Morgan fingerprint density at radius 2 is 1.90 bits per heavy atom. The van der Waals surface area contributed by atoms with E-state index in [9.17, 15) is 14.4 Å². The molecule has 1 fully saturated rings. The standard InChI is InChI=1S/C23H27N3O3S/c1-2-3-12-26-22(28)17-9-8-16(14-18(17)23(26)29)21(27)24-15-19(20-7-6-13-30-20)25-10-4-5-11-25/h6-9,13-14,19H,2-5,10-12,15H2,1H3,(H,24,27). The highest BCUT2D eigenvalue weighted by molar-refractivity contribution is 7.10. The van der Waals surface area contributed by atoms with Gasteiger partial charge in [0.25, 0.3) is 17.7 Å². The number of fused-ring (bicyclic) bond motifs is 1. The first-order valence-electron chi connectivity index (χ1n) is 10.7. The van der Waals surface area contributed by atoms with Crippen LogP contribution in [0.3, 0.4) is 0 Å². The van der Waals surface area contributed by atoms with Crippen LogP contribution in [0.15, 0.2) is 35.7 Å². The molecule has 1 N–H and O–H groups in total. The smallest absolute Gasteiger partial charge is 0.261 e. The van der Waals surface area contributed by atoms with Crippen LogP contribution in [-0.2, 0) is 0 Å². The van der Waals surface area contributed by atoms with Gasteiger partial charge < -0.3 is 5.32 Å². The van der Waals surface area contributed by atoms with Crippen molar-refractivity contribution in [3.63, 3.8) is 0 Å². The van der Waals surface area contributed by atoms with Gasteiger partial charge in [-0.2, -0.15) is 0 Å². The Hall–Kier alpha value is -2.51. The zero-order valence-corrected chi connectivity index (χ0v) is 18.0. The largest absolute Gasteiger partial charge is 0.350 e. The molecule has 1 aromatic carbocycles. The van der Waals surface area contributed by atoms with Crippen LogP contribution >= 0.6 is 11.3 Å². The number of likely N-dealkylation sites (tertiary alicyclic amines) is 1. The second kappa shape index (κ2) is 9.10. The molecule has 0 radical (unpaired) electrons. The van der Waals surface area contributed by atoms with E-state index in [2.05, 4.69) is 21.7 Å². The zero-order chi connectivity index (χ0) is 21.1. The van der Waals surface area contributed by atoms with Gasteiger partial charge in [0.15, 0.2) is 0 Å². The van der Waals surface area contributed by atoms with Crippen LogP contribution < -0.4 is 5.32 Å². The fourth-order valence-electron chi connectivity index (χ4n) is 4.19. The van der Waals surface area contributed by atoms with E-state index in [0.29, 0.717) is 29.8 Å². The maximum absolute atomic E-state index is 12.8. The lowest BCUT2D eigenvalue weighted by Crippen LogP contribution is -2.36. The minimum atomic E-state index is -0.299. The third-order valence-corrected chi connectivity index (χ3v) is 6.85. The summed E-state index contributed by atoms with van der Waals surface area (Å²) >= 11 is 1.71. The molecule has 3 amide bonds. The van der Waals surface area contributed by atoms with Gasteiger partial charge in [-0.15, -0.1) is 11.3 Å². The van der Waals surface area contributed by atoms with E-state index in [4.69, 9.17) is 0 Å². The molecule has 2 aliphatic rings. The molecule has 1 aromatic heterocycles. The van der Waals surface area contributed by atoms with Crippen molar-refractivity contribution in [2.24, 2.45) is 0 Å². The number of hydrogen-bond acceptors (Lipinski definition) is 5. The number of carbonyl (C=O) groups excluding carboxylic acids is 3. The number of hydrogen-bond donors (Lipinski definition) is 1. The molecule has 0 aliphatic carbocycles. The lowest BCUT2D eigenvalue weighted by Gasteiger charge is -2.27. The summed E-state index contributed by atoms with van der Waals surface area (Å²) in [7, 11) is 0. The fraction of sp³-hybridized carbons (Fsp3) is 0.435. The van der Waals surface area contributed by atoms with Crippen molar-refractivity contribution in [2.75, 3.05) is 26.2 Å². The van der Waals surface area contributed by atoms with Gasteiger partial charge in [0.05, 0.1) is 17.2 Å². The van der Waals surface area contributed by atoms with E-state index in [1.54, 1.807) is 29.5 Å². The van der Waals surface area contributed by atoms with Crippen molar-refractivity contribution in [1.82, 2.24) is 15.1 Å². The van der Waals surface area contributed by atoms with Gasteiger partial charge in [-0.3, -0.25) is 24.2 Å². The number of benzene rings is 1. The molecule has 4 rings (SSSR count). The van der Waals surface area contributed by atoms with Crippen molar-refractivity contribution in [3.05, 3.63) is 57.3 Å². The second-order valence-corrected chi connectivity index (χ2v) is 8.84. The third-order valence-electron chi connectivity index (χ3n) is 5.88. The highest BCUT2D eigenvalue weighted by atomic mass is 32.1. The fourth-order valence-corrected chi connectivity index (χ4v) is 5.05. The molecule has 0 saturated carbocycles. The summed E-state index contributed by atoms with van der Waals surface area (Å²) in [5.41, 5.74) is 1.14. The Morgan fingerprint density at radius 1 is 1.13 bits per heavy atom. The average molecular weight is 426 g/mol. The summed E-state index contributed by atoms with van der Waals surface area (Å²) in [5.74, 6) is -0.778. The number of carbonyl (C=O) groups is 3. The van der Waals surface area contributed by atoms with Crippen LogP contribution in [0.4, 0.5) is 0 Å². The summed E-state index contributed by atoms with van der Waals surface area (Å²) in [6.07, 6.45) is 4.06. The van der Waals surface area contributed by atoms with Crippen LogP contribution in [0.1, 0.15) is 74.6 Å². The Kier molecular flexibility index (Phi) is 6.29. The molecule has 0 spiro atoms. The quantitative estimate of drug-likeness (QED) is 0.655. The Balaban J connectivity index is 1.46. The summed E-state index contributed by atoms with van der Waals surface area (Å²) < 4.78 is 0. The molecule has 3 heterocycles. The van der Waals surface area contributed by atoms with Gasteiger partial charge in [0.1, 0.15) is 0 Å². The number of imide groups is 1. The monoisotopic (exact) mass is 425 g/mol. The van der Waals surface area contributed by atoms with Crippen molar-refractivity contribution < 1.29 is 14.4 Å². The maximum Gasteiger partial charge on any atom is 0.261 e. The number of rotatable bonds is 8. The molecule has 1 atom stereocenters. The molecule has 6 nitrogen and oxygen atoms in total. The minimum absolute atomic E-state index is 0.165. The Morgan fingerprint density at radius 3 is 2.60 bits per heavy atom. The second-order valence-electron chi connectivity index (χ2n) is 7.86. The molecule has 30 heavy (non-hydrogen) atoms. The van der Waals surface area contributed by atoms with E-state index in [-0.39, 0.29) is 23.8 Å². The van der Waals surface area contributed by atoms with E-state index >= 15 is 0 Å².